The normalized spacial score (nSPS) is 23.4. The molecule has 1 N–H and O–H groups in total. The molecular formula is C30H39N7O4S. The summed E-state index contributed by atoms with van der Waals surface area (Å²) in [6.45, 7) is 6.28. The van der Waals surface area contributed by atoms with Crippen LogP contribution in [0.5, 0.6) is 5.88 Å². The number of hydrogen-bond acceptors (Lipinski definition) is 8. The van der Waals surface area contributed by atoms with Crippen molar-refractivity contribution in [2.75, 3.05) is 18.1 Å². The first-order valence-corrected chi connectivity index (χ1v) is 16.7. The fourth-order valence-corrected chi connectivity index (χ4v) is 7.91. The van der Waals surface area contributed by atoms with Crippen molar-refractivity contribution in [2.24, 2.45) is 23.7 Å². The summed E-state index contributed by atoms with van der Waals surface area (Å²) in [6, 6.07) is 6.59. The standard InChI is InChI=1S/C30H39N7O4S/c1-30(2)18-20-4-3-14-35-15-12-27(33-35)42(39,40)34-29(38)24-9-10-25(31-28(24)36(30)19-20)37-16-11-26(32-37)41-17-13-23(21-5-6-21)22-7-8-22/h9-12,15-16,20-23H,3-8,13-14,17-19H2,1-2H3,(H,34,38). The topological polar surface area (TPSA) is 124 Å². The van der Waals surface area contributed by atoms with Crippen LogP contribution in [0.2, 0.25) is 0 Å². The zero-order chi connectivity index (χ0) is 29.1. The molecule has 7 rings (SSSR count). The number of anilines is 1. The highest BCUT2D eigenvalue weighted by Crippen LogP contribution is 2.50. The molecule has 4 aliphatic rings. The monoisotopic (exact) mass is 593 g/mol. The molecule has 1 atom stereocenters. The third-order valence-corrected chi connectivity index (χ3v) is 10.6. The molecule has 3 fully saturated rings. The number of carbonyl (C=O) groups is 1. The SMILES string of the molecule is CC1(C)CC2CCCn3ccc(n3)S(=O)(=O)NC(=O)c3ccc(-n4ccc(OCCC(C5CC5)C5CC5)n4)nc3N1C2. The van der Waals surface area contributed by atoms with Crippen molar-refractivity contribution in [1.29, 1.82) is 0 Å². The zero-order valence-electron chi connectivity index (χ0n) is 24.3. The van der Waals surface area contributed by atoms with E-state index in [1.807, 2.05) is 12.3 Å². The van der Waals surface area contributed by atoms with Crippen molar-refractivity contribution in [1.82, 2.24) is 29.3 Å². The van der Waals surface area contributed by atoms with Gasteiger partial charge < -0.3 is 9.64 Å². The van der Waals surface area contributed by atoms with E-state index < -0.39 is 15.9 Å². The van der Waals surface area contributed by atoms with E-state index in [2.05, 4.69) is 33.7 Å². The van der Waals surface area contributed by atoms with Crippen LogP contribution in [0.3, 0.4) is 0 Å². The van der Waals surface area contributed by atoms with Crippen molar-refractivity contribution >= 4 is 21.7 Å². The highest BCUT2D eigenvalue weighted by molar-refractivity contribution is 7.90. The molecule has 1 amide bonds. The smallest absolute Gasteiger partial charge is 0.283 e. The maximum absolute atomic E-state index is 13.5. The summed E-state index contributed by atoms with van der Waals surface area (Å²) in [7, 11) is -4.15. The number of hydrogen-bond donors (Lipinski definition) is 1. The summed E-state index contributed by atoms with van der Waals surface area (Å²) in [5, 5.41) is 8.66. The van der Waals surface area contributed by atoms with Gasteiger partial charge in [0.2, 0.25) is 5.88 Å². The first-order chi connectivity index (χ1) is 20.2. The minimum absolute atomic E-state index is 0.174. The van der Waals surface area contributed by atoms with E-state index in [0.29, 0.717) is 36.6 Å². The minimum Gasteiger partial charge on any atom is -0.477 e. The lowest BCUT2D eigenvalue weighted by Gasteiger charge is -2.34. The molecule has 42 heavy (non-hydrogen) atoms. The third-order valence-electron chi connectivity index (χ3n) is 9.39. The molecule has 0 spiro atoms. The maximum Gasteiger partial charge on any atom is 0.283 e. The summed E-state index contributed by atoms with van der Waals surface area (Å²) in [5.74, 6) is 3.77. The summed E-state index contributed by atoms with van der Waals surface area (Å²) in [5.41, 5.74) is -0.0804. The Kier molecular flexibility index (Phi) is 6.79. The Morgan fingerprint density at radius 2 is 1.83 bits per heavy atom. The van der Waals surface area contributed by atoms with Crippen LogP contribution in [0.25, 0.3) is 5.82 Å². The van der Waals surface area contributed by atoms with Gasteiger partial charge in [-0.05, 0) is 107 Å². The lowest BCUT2D eigenvalue weighted by atomic mass is 9.93. The van der Waals surface area contributed by atoms with Gasteiger partial charge in [0.1, 0.15) is 5.82 Å². The molecule has 2 saturated carbocycles. The van der Waals surface area contributed by atoms with E-state index in [-0.39, 0.29) is 16.1 Å². The molecule has 0 radical (unpaired) electrons. The number of rotatable bonds is 7. The lowest BCUT2D eigenvalue weighted by Crippen LogP contribution is -2.41. The quantitative estimate of drug-likeness (QED) is 0.433. The lowest BCUT2D eigenvalue weighted by molar-refractivity contribution is 0.0981. The number of ether oxygens (including phenoxy) is 1. The number of fused-ring (bicyclic) bond motifs is 6. The Morgan fingerprint density at radius 1 is 1.05 bits per heavy atom. The number of aryl methyl sites for hydroxylation is 1. The summed E-state index contributed by atoms with van der Waals surface area (Å²) >= 11 is 0. The van der Waals surface area contributed by atoms with Gasteiger partial charge in [0.15, 0.2) is 10.8 Å². The van der Waals surface area contributed by atoms with Crippen LogP contribution in [0.1, 0.15) is 75.6 Å². The summed E-state index contributed by atoms with van der Waals surface area (Å²) in [6.07, 6.45) is 12.8. The van der Waals surface area contributed by atoms with Gasteiger partial charge in [0, 0.05) is 37.1 Å². The molecule has 3 aromatic rings. The van der Waals surface area contributed by atoms with E-state index in [1.54, 1.807) is 27.7 Å². The number of sulfonamides is 1. The molecule has 2 aliphatic carbocycles. The molecule has 4 bridgehead atoms. The van der Waals surface area contributed by atoms with Gasteiger partial charge >= 0.3 is 0 Å². The Balaban J connectivity index is 1.16. The fraction of sp³-hybridized carbons (Fsp3) is 0.600. The number of carbonyl (C=O) groups excluding carboxylic acids is 1. The minimum atomic E-state index is -4.15. The molecule has 1 unspecified atom stereocenters. The molecule has 11 nitrogen and oxygen atoms in total. The van der Waals surface area contributed by atoms with Crippen molar-refractivity contribution in [3.05, 3.63) is 42.2 Å². The number of nitrogens with one attached hydrogen (secondary N) is 1. The average Bonchev–Trinajstić information content (AvgIpc) is 3.84. The van der Waals surface area contributed by atoms with E-state index in [0.717, 1.165) is 50.0 Å². The Hall–Kier alpha value is -3.41. The highest BCUT2D eigenvalue weighted by atomic mass is 32.2. The van der Waals surface area contributed by atoms with Crippen LogP contribution >= 0.6 is 0 Å². The fourth-order valence-electron chi connectivity index (χ4n) is 7.00. The predicted molar refractivity (Wildman–Crippen MR) is 156 cm³/mol. The van der Waals surface area contributed by atoms with Gasteiger partial charge in [0.05, 0.1) is 12.2 Å². The van der Waals surface area contributed by atoms with E-state index in [1.165, 1.54) is 31.7 Å². The number of nitrogens with zero attached hydrogens (tertiary/aromatic N) is 6. The maximum atomic E-state index is 13.5. The van der Waals surface area contributed by atoms with Crippen LogP contribution in [0, 0.1) is 23.7 Å². The second-order valence-corrected chi connectivity index (χ2v) is 14.7. The Labute approximate surface area is 246 Å². The van der Waals surface area contributed by atoms with E-state index in [4.69, 9.17) is 9.72 Å². The van der Waals surface area contributed by atoms with Gasteiger partial charge in [-0.25, -0.2) is 14.4 Å². The van der Waals surface area contributed by atoms with Gasteiger partial charge in [-0.3, -0.25) is 9.48 Å². The van der Waals surface area contributed by atoms with Gasteiger partial charge in [-0.15, -0.1) is 5.10 Å². The van der Waals surface area contributed by atoms with Crippen LogP contribution in [-0.4, -0.2) is 57.6 Å². The first-order valence-electron chi connectivity index (χ1n) is 15.2. The van der Waals surface area contributed by atoms with Gasteiger partial charge in [-0.1, -0.05) is 0 Å². The first kappa shape index (κ1) is 27.4. The molecule has 5 heterocycles. The van der Waals surface area contributed by atoms with Crippen molar-refractivity contribution in [3.63, 3.8) is 0 Å². The van der Waals surface area contributed by atoms with E-state index in [9.17, 15) is 13.2 Å². The molecule has 12 heteroatoms. The molecule has 0 aromatic carbocycles. The second kappa shape index (κ2) is 10.4. The second-order valence-electron chi connectivity index (χ2n) is 13.1. The van der Waals surface area contributed by atoms with Gasteiger partial charge in [-0.2, -0.15) is 13.5 Å². The molecule has 1 saturated heterocycles. The largest absolute Gasteiger partial charge is 0.477 e. The summed E-state index contributed by atoms with van der Waals surface area (Å²) in [4.78, 5) is 20.6. The van der Waals surface area contributed by atoms with Crippen LogP contribution in [0.15, 0.2) is 41.7 Å². The third kappa shape index (κ3) is 5.52. The molecule has 3 aromatic heterocycles. The number of amides is 1. The van der Waals surface area contributed by atoms with Crippen molar-refractivity contribution < 1.29 is 17.9 Å². The predicted octanol–water partition coefficient (Wildman–Crippen LogP) is 4.19. The van der Waals surface area contributed by atoms with Crippen LogP contribution in [0.4, 0.5) is 5.82 Å². The molecule has 224 valence electrons. The van der Waals surface area contributed by atoms with E-state index >= 15 is 0 Å². The van der Waals surface area contributed by atoms with Gasteiger partial charge in [0.25, 0.3) is 15.9 Å². The van der Waals surface area contributed by atoms with Crippen LogP contribution < -0.4 is 14.4 Å². The van der Waals surface area contributed by atoms with Crippen molar-refractivity contribution in [3.8, 4) is 11.7 Å². The average molecular weight is 594 g/mol. The summed E-state index contributed by atoms with van der Waals surface area (Å²) < 4.78 is 37.6. The number of pyridine rings is 1. The van der Waals surface area contributed by atoms with Crippen molar-refractivity contribution in [2.45, 2.75) is 82.3 Å². The number of aromatic nitrogens is 5. The Morgan fingerprint density at radius 3 is 2.60 bits per heavy atom. The van der Waals surface area contributed by atoms with Crippen LogP contribution in [-0.2, 0) is 16.6 Å². The molecular weight excluding hydrogens is 554 g/mol. The Bertz CT molecular complexity index is 1580. The molecule has 2 aliphatic heterocycles. The highest BCUT2D eigenvalue weighted by Gasteiger charge is 2.42. The zero-order valence-corrected chi connectivity index (χ0v) is 25.1.